The maximum absolute atomic E-state index is 12.8. The highest BCUT2D eigenvalue weighted by Crippen LogP contribution is 2.34. The molecule has 0 radical (unpaired) electrons. The van der Waals surface area contributed by atoms with Crippen LogP contribution in [0.2, 0.25) is 5.02 Å². The lowest BCUT2D eigenvalue weighted by Gasteiger charge is -2.41. The van der Waals surface area contributed by atoms with Gasteiger partial charge in [0.2, 0.25) is 5.91 Å². The van der Waals surface area contributed by atoms with Gasteiger partial charge < -0.3 is 15.1 Å². The molecule has 3 amide bonds. The summed E-state index contributed by atoms with van der Waals surface area (Å²) < 4.78 is 38.5. The van der Waals surface area contributed by atoms with Gasteiger partial charge in [0, 0.05) is 19.1 Å². The molecule has 5 nitrogen and oxygen atoms in total. The maximum atomic E-state index is 12.8. The molecule has 1 aromatic rings. The number of piperazine rings is 1. The van der Waals surface area contributed by atoms with Crippen LogP contribution in [-0.2, 0) is 11.0 Å². The van der Waals surface area contributed by atoms with E-state index in [4.69, 9.17) is 11.6 Å². The quantitative estimate of drug-likeness (QED) is 0.815. The third-order valence-electron chi connectivity index (χ3n) is 4.69. The molecule has 136 valence electrons. The molecule has 2 fully saturated rings. The SMILES string of the molecule is C[C@@H]1C(=O)N2CCC[C@@H]2CN1C(=O)Nc1cc(C(F)(F)F)ccc1Cl. The Morgan fingerprint density at radius 3 is 2.76 bits per heavy atom. The average molecular weight is 376 g/mol. The predicted octanol–water partition coefficient (Wildman–Crippen LogP) is 3.59. The number of hydrogen-bond donors (Lipinski definition) is 1. The van der Waals surface area contributed by atoms with Gasteiger partial charge in [-0.3, -0.25) is 4.79 Å². The zero-order valence-corrected chi connectivity index (χ0v) is 14.2. The van der Waals surface area contributed by atoms with Crippen molar-refractivity contribution in [3.63, 3.8) is 0 Å². The molecule has 0 aromatic heterocycles. The number of alkyl halides is 3. The Morgan fingerprint density at radius 2 is 2.08 bits per heavy atom. The second-order valence-corrected chi connectivity index (χ2v) is 6.69. The van der Waals surface area contributed by atoms with Crippen molar-refractivity contribution < 1.29 is 22.8 Å². The van der Waals surface area contributed by atoms with Gasteiger partial charge >= 0.3 is 12.2 Å². The highest BCUT2D eigenvalue weighted by Gasteiger charge is 2.42. The highest BCUT2D eigenvalue weighted by atomic mass is 35.5. The molecule has 2 aliphatic heterocycles. The van der Waals surface area contributed by atoms with Gasteiger partial charge in [0.05, 0.1) is 16.3 Å². The van der Waals surface area contributed by atoms with Crippen molar-refractivity contribution in [3.8, 4) is 0 Å². The minimum absolute atomic E-state index is 0.000156. The van der Waals surface area contributed by atoms with Crippen LogP contribution in [0.1, 0.15) is 25.3 Å². The maximum Gasteiger partial charge on any atom is 0.416 e. The number of hydrogen-bond acceptors (Lipinski definition) is 2. The molecule has 2 heterocycles. The number of anilines is 1. The van der Waals surface area contributed by atoms with Crippen LogP contribution in [0.15, 0.2) is 18.2 Å². The molecule has 0 spiro atoms. The first-order valence-electron chi connectivity index (χ1n) is 7.93. The Bertz CT molecular complexity index is 710. The first kappa shape index (κ1) is 17.8. The number of halogens is 4. The van der Waals surface area contributed by atoms with Crippen LogP contribution in [0, 0.1) is 0 Å². The number of urea groups is 1. The van der Waals surface area contributed by atoms with E-state index >= 15 is 0 Å². The molecule has 2 saturated heterocycles. The topological polar surface area (TPSA) is 52.7 Å². The lowest BCUT2D eigenvalue weighted by Crippen LogP contribution is -2.60. The van der Waals surface area contributed by atoms with E-state index in [0.717, 1.165) is 31.0 Å². The summed E-state index contributed by atoms with van der Waals surface area (Å²) in [5.41, 5.74) is -1.04. The minimum atomic E-state index is -4.54. The summed E-state index contributed by atoms with van der Waals surface area (Å²) in [7, 11) is 0. The Balaban J connectivity index is 1.79. The Labute approximate surface area is 147 Å². The largest absolute Gasteiger partial charge is 0.416 e. The van der Waals surface area contributed by atoms with E-state index < -0.39 is 23.8 Å². The van der Waals surface area contributed by atoms with Crippen LogP contribution in [-0.4, -0.2) is 46.9 Å². The Kier molecular flexibility index (Phi) is 4.57. The molecular formula is C16H17ClF3N3O2. The first-order valence-corrected chi connectivity index (χ1v) is 8.31. The van der Waals surface area contributed by atoms with E-state index in [1.165, 1.54) is 4.90 Å². The second kappa shape index (κ2) is 6.40. The van der Waals surface area contributed by atoms with Gasteiger partial charge in [-0.25, -0.2) is 4.79 Å². The van der Waals surface area contributed by atoms with Crippen molar-refractivity contribution in [1.29, 1.82) is 0 Å². The van der Waals surface area contributed by atoms with Gasteiger partial charge in [0.1, 0.15) is 6.04 Å². The van der Waals surface area contributed by atoms with Crippen molar-refractivity contribution in [3.05, 3.63) is 28.8 Å². The number of carbonyl (C=O) groups excluding carboxylic acids is 2. The van der Waals surface area contributed by atoms with Crippen molar-refractivity contribution in [2.75, 3.05) is 18.4 Å². The second-order valence-electron chi connectivity index (χ2n) is 6.28. The molecule has 9 heteroatoms. The summed E-state index contributed by atoms with van der Waals surface area (Å²) >= 11 is 5.91. The summed E-state index contributed by atoms with van der Waals surface area (Å²) in [5, 5.41) is 2.41. The van der Waals surface area contributed by atoms with Crippen molar-refractivity contribution >= 4 is 29.2 Å². The molecular weight excluding hydrogens is 359 g/mol. The zero-order chi connectivity index (χ0) is 18.4. The summed E-state index contributed by atoms with van der Waals surface area (Å²) in [6, 6.07) is 1.39. The summed E-state index contributed by atoms with van der Waals surface area (Å²) in [6.07, 6.45) is -2.84. The molecule has 0 aliphatic carbocycles. The number of carbonyl (C=O) groups is 2. The van der Waals surface area contributed by atoms with E-state index in [-0.39, 0.29) is 22.7 Å². The fourth-order valence-electron chi connectivity index (χ4n) is 3.32. The van der Waals surface area contributed by atoms with Gasteiger partial charge in [0.15, 0.2) is 0 Å². The number of nitrogens with zero attached hydrogens (tertiary/aromatic N) is 2. The minimum Gasteiger partial charge on any atom is -0.336 e. The van der Waals surface area contributed by atoms with Crippen LogP contribution >= 0.6 is 11.6 Å². The molecule has 0 saturated carbocycles. The third kappa shape index (κ3) is 3.40. The summed E-state index contributed by atoms with van der Waals surface area (Å²) in [6.45, 7) is 2.66. The molecule has 1 N–H and O–H groups in total. The van der Waals surface area contributed by atoms with E-state index in [1.807, 2.05) is 0 Å². The van der Waals surface area contributed by atoms with Gasteiger partial charge in [-0.2, -0.15) is 13.2 Å². The van der Waals surface area contributed by atoms with E-state index in [1.54, 1.807) is 11.8 Å². The van der Waals surface area contributed by atoms with Crippen LogP contribution < -0.4 is 5.32 Å². The van der Waals surface area contributed by atoms with Crippen molar-refractivity contribution in [2.24, 2.45) is 0 Å². The van der Waals surface area contributed by atoms with E-state index in [0.29, 0.717) is 13.1 Å². The van der Waals surface area contributed by atoms with Crippen LogP contribution in [0.5, 0.6) is 0 Å². The van der Waals surface area contributed by atoms with Crippen LogP contribution in [0.4, 0.5) is 23.7 Å². The van der Waals surface area contributed by atoms with E-state index in [9.17, 15) is 22.8 Å². The molecule has 0 unspecified atom stereocenters. The van der Waals surface area contributed by atoms with E-state index in [2.05, 4.69) is 5.32 Å². The lowest BCUT2D eigenvalue weighted by atomic mass is 10.1. The molecule has 2 atom stereocenters. The highest BCUT2D eigenvalue weighted by molar-refractivity contribution is 6.33. The smallest absolute Gasteiger partial charge is 0.336 e. The number of benzene rings is 1. The predicted molar refractivity (Wildman–Crippen MR) is 86.4 cm³/mol. The molecule has 25 heavy (non-hydrogen) atoms. The lowest BCUT2D eigenvalue weighted by molar-refractivity contribution is -0.140. The fourth-order valence-corrected chi connectivity index (χ4v) is 3.48. The van der Waals surface area contributed by atoms with Gasteiger partial charge in [0.25, 0.3) is 0 Å². The summed E-state index contributed by atoms with van der Waals surface area (Å²) in [4.78, 5) is 28.0. The molecule has 2 aliphatic rings. The molecule has 0 bridgehead atoms. The number of fused-ring (bicyclic) bond motifs is 1. The van der Waals surface area contributed by atoms with Crippen LogP contribution in [0.25, 0.3) is 0 Å². The molecule has 1 aromatic carbocycles. The fraction of sp³-hybridized carbons (Fsp3) is 0.500. The third-order valence-corrected chi connectivity index (χ3v) is 5.02. The average Bonchev–Trinajstić information content (AvgIpc) is 3.00. The zero-order valence-electron chi connectivity index (χ0n) is 13.4. The standard InChI is InChI=1S/C16H17ClF3N3O2/c1-9-14(24)22-6-2-3-11(22)8-23(9)15(25)21-13-7-10(16(18,19)20)4-5-12(13)17/h4-5,7,9,11H,2-3,6,8H2,1H3,(H,21,25)/t9-,11-/m1/s1. The van der Waals surface area contributed by atoms with Crippen LogP contribution in [0.3, 0.4) is 0 Å². The normalized spacial score (nSPS) is 23.6. The number of rotatable bonds is 1. The van der Waals surface area contributed by atoms with Crippen molar-refractivity contribution in [1.82, 2.24) is 9.80 Å². The van der Waals surface area contributed by atoms with Gasteiger partial charge in [-0.15, -0.1) is 0 Å². The first-order chi connectivity index (χ1) is 11.7. The molecule has 3 rings (SSSR count). The van der Waals surface area contributed by atoms with Gasteiger partial charge in [-0.1, -0.05) is 11.6 Å². The van der Waals surface area contributed by atoms with Crippen molar-refractivity contribution in [2.45, 2.75) is 38.0 Å². The van der Waals surface area contributed by atoms with Gasteiger partial charge in [-0.05, 0) is 38.0 Å². The Hall–Kier alpha value is -1.96. The summed E-state index contributed by atoms with van der Waals surface area (Å²) in [5.74, 6) is -0.140. The number of nitrogens with one attached hydrogen (secondary N) is 1. The number of amides is 3. The monoisotopic (exact) mass is 375 g/mol. The Morgan fingerprint density at radius 1 is 1.36 bits per heavy atom.